The van der Waals surface area contributed by atoms with Gasteiger partial charge in [0.25, 0.3) is 0 Å². The zero-order chi connectivity index (χ0) is 17.6. The number of likely N-dealkylation sites (N-methyl/N-ethyl adjacent to an activating group) is 1. The average molecular weight is 370 g/mol. The summed E-state index contributed by atoms with van der Waals surface area (Å²) in [6.07, 6.45) is 0. The number of hydrogen-bond donors (Lipinski definition) is 2. The van der Waals surface area contributed by atoms with Crippen molar-refractivity contribution in [3.8, 4) is 0 Å². The molecule has 1 fully saturated rings. The second-order valence-corrected chi connectivity index (χ2v) is 6.21. The average Bonchev–Trinajstić information content (AvgIpc) is 2.98. The van der Waals surface area contributed by atoms with Crippen molar-refractivity contribution < 1.29 is 19.5 Å². The summed E-state index contributed by atoms with van der Waals surface area (Å²) in [5.74, 6) is -1.49. The van der Waals surface area contributed by atoms with Gasteiger partial charge in [0.05, 0.1) is 11.6 Å². The molecular formula is C15H13Cl2N3O4. The third-order valence-corrected chi connectivity index (χ3v) is 4.44. The van der Waals surface area contributed by atoms with E-state index in [1.54, 1.807) is 13.0 Å². The number of H-pyrrole nitrogens is 1. The van der Waals surface area contributed by atoms with Crippen molar-refractivity contribution >= 4 is 52.0 Å². The van der Waals surface area contributed by atoms with Crippen LogP contribution in [-0.2, 0) is 11.3 Å². The van der Waals surface area contributed by atoms with E-state index in [0.29, 0.717) is 21.5 Å². The van der Waals surface area contributed by atoms with Crippen molar-refractivity contribution in [3.05, 3.63) is 33.4 Å². The van der Waals surface area contributed by atoms with Gasteiger partial charge in [-0.05, 0) is 19.1 Å². The molecule has 1 aliphatic rings. The summed E-state index contributed by atoms with van der Waals surface area (Å²) in [4.78, 5) is 40.8. The molecule has 0 unspecified atom stereocenters. The van der Waals surface area contributed by atoms with Gasteiger partial charge in [0.1, 0.15) is 12.2 Å². The van der Waals surface area contributed by atoms with Crippen molar-refractivity contribution in [1.82, 2.24) is 14.8 Å². The van der Waals surface area contributed by atoms with Gasteiger partial charge in [-0.25, -0.2) is 9.59 Å². The van der Waals surface area contributed by atoms with Crippen LogP contribution in [0.3, 0.4) is 0 Å². The highest BCUT2D eigenvalue weighted by Crippen LogP contribution is 2.34. The van der Waals surface area contributed by atoms with Crippen LogP contribution in [0.15, 0.2) is 12.1 Å². The number of rotatable bonds is 4. The van der Waals surface area contributed by atoms with Crippen LogP contribution in [0.2, 0.25) is 10.0 Å². The SMILES string of the molecule is CCN1C(=O)CN(Cc2c(C(=O)O)[nH]c3cc(Cl)cc(Cl)c23)C1=O. The molecule has 0 saturated carbocycles. The maximum Gasteiger partial charge on any atom is 0.352 e. The number of carboxylic acids is 1. The Morgan fingerprint density at radius 2 is 2.04 bits per heavy atom. The van der Waals surface area contributed by atoms with E-state index in [4.69, 9.17) is 23.2 Å². The Hall–Kier alpha value is -2.25. The molecule has 3 amide bonds. The Morgan fingerprint density at radius 3 is 2.62 bits per heavy atom. The number of nitrogens with zero attached hydrogens (tertiary/aromatic N) is 2. The van der Waals surface area contributed by atoms with Crippen LogP contribution in [0.1, 0.15) is 23.0 Å². The molecule has 2 heterocycles. The fraction of sp³-hybridized carbons (Fsp3) is 0.267. The monoisotopic (exact) mass is 369 g/mol. The molecule has 0 aliphatic carbocycles. The molecule has 1 aliphatic heterocycles. The third kappa shape index (κ3) is 2.59. The number of benzene rings is 1. The van der Waals surface area contributed by atoms with E-state index in [1.165, 1.54) is 11.0 Å². The summed E-state index contributed by atoms with van der Waals surface area (Å²) in [5.41, 5.74) is 0.729. The second kappa shape index (κ2) is 5.99. The molecule has 1 saturated heterocycles. The van der Waals surface area contributed by atoms with Gasteiger partial charge in [-0.1, -0.05) is 23.2 Å². The fourth-order valence-electron chi connectivity index (χ4n) is 2.87. The molecule has 9 heteroatoms. The number of halogens is 2. The standard InChI is InChI=1S/C15H13Cl2N3O4/c1-2-20-11(21)6-19(15(20)24)5-8-12-9(17)3-7(16)4-10(12)18-13(8)14(22)23/h3-4,18H,2,5-6H2,1H3,(H,22,23). The molecule has 3 rings (SSSR count). The Kier molecular flexibility index (Phi) is 4.15. The molecule has 0 spiro atoms. The molecule has 1 aromatic carbocycles. The van der Waals surface area contributed by atoms with Crippen molar-refractivity contribution in [2.75, 3.05) is 13.1 Å². The number of hydrogen-bond acceptors (Lipinski definition) is 3. The van der Waals surface area contributed by atoms with Gasteiger partial charge in [0, 0.05) is 28.0 Å². The van der Waals surface area contributed by atoms with E-state index >= 15 is 0 Å². The predicted molar refractivity (Wildman–Crippen MR) is 88.5 cm³/mol. The van der Waals surface area contributed by atoms with Gasteiger partial charge in [-0.2, -0.15) is 0 Å². The number of imide groups is 1. The molecular weight excluding hydrogens is 357 g/mol. The first-order valence-corrected chi connectivity index (χ1v) is 7.91. The van der Waals surface area contributed by atoms with Gasteiger partial charge >= 0.3 is 12.0 Å². The lowest BCUT2D eigenvalue weighted by Gasteiger charge is -2.16. The maximum atomic E-state index is 12.2. The van der Waals surface area contributed by atoms with E-state index in [1.807, 2.05) is 0 Å². The van der Waals surface area contributed by atoms with Crippen LogP contribution in [0.25, 0.3) is 10.9 Å². The molecule has 24 heavy (non-hydrogen) atoms. The molecule has 1 aromatic heterocycles. The van der Waals surface area contributed by atoms with E-state index in [9.17, 15) is 19.5 Å². The lowest BCUT2D eigenvalue weighted by Crippen LogP contribution is -2.32. The number of amides is 3. The number of carboxylic acid groups (broad SMARTS) is 1. The van der Waals surface area contributed by atoms with Crippen molar-refractivity contribution in [2.45, 2.75) is 13.5 Å². The highest BCUT2D eigenvalue weighted by molar-refractivity contribution is 6.39. The first kappa shape index (κ1) is 16.6. The topological polar surface area (TPSA) is 93.7 Å². The van der Waals surface area contributed by atoms with Gasteiger partial charge in [-0.15, -0.1) is 0 Å². The minimum absolute atomic E-state index is 0.0376. The smallest absolute Gasteiger partial charge is 0.352 e. The number of fused-ring (bicyclic) bond motifs is 1. The summed E-state index contributed by atoms with van der Waals surface area (Å²) in [5, 5.41) is 10.6. The molecule has 0 bridgehead atoms. The molecule has 0 radical (unpaired) electrons. The zero-order valence-electron chi connectivity index (χ0n) is 12.6. The summed E-state index contributed by atoms with van der Waals surface area (Å²) in [6, 6.07) is 2.62. The minimum atomic E-state index is -1.18. The third-order valence-electron chi connectivity index (χ3n) is 3.93. The molecule has 0 atom stereocenters. The molecule has 2 N–H and O–H groups in total. The normalized spacial score (nSPS) is 15.0. The lowest BCUT2D eigenvalue weighted by atomic mass is 10.1. The highest BCUT2D eigenvalue weighted by Gasteiger charge is 2.36. The van der Waals surface area contributed by atoms with Crippen LogP contribution < -0.4 is 0 Å². The number of carbonyl (C=O) groups excluding carboxylic acids is 2. The lowest BCUT2D eigenvalue weighted by molar-refractivity contribution is -0.125. The van der Waals surface area contributed by atoms with Crippen molar-refractivity contribution in [1.29, 1.82) is 0 Å². The van der Waals surface area contributed by atoms with E-state index in [-0.39, 0.29) is 36.3 Å². The number of urea groups is 1. The van der Waals surface area contributed by atoms with E-state index in [2.05, 4.69) is 4.98 Å². The largest absolute Gasteiger partial charge is 0.477 e. The van der Waals surface area contributed by atoms with E-state index in [0.717, 1.165) is 4.90 Å². The van der Waals surface area contributed by atoms with Crippen LogP contribution >= 0.6 is 23.2 Å². The molecule has 126 valence electrons. The predicted octanol–water partition coefficient (Wildman–Crippen LogP) is 2.96. The molecule has 7 nitrogen and oxygen atoms in total. The number of carbonyl (C=O) groups is 3. The Balaban J connectivity index is 2.09. The number of aromatic nitrogens is 1. The van der Waals surface area contributed by atoms with Crippen molar-refractivity contribution in [2.24, 2.45) is 0 Å². The summed E-state index contributed by atoms with van der Waals surface area (Å²) >= 11 is 12.2. The van der Waals surface area contributed by atoms with Crippen LogP contribution in [0, 0.1) is 0 Å². The van der Waals surface area contributed by atoms with Gasteiger partial charge in [0.2, 0.25) is 5.91 Å². The summed E-state index contributed by atoms with van der Waals surface area (Å²) in [7, 11) is 0. The van der Waals surface area contributed by atoms with Crippen LogP contribution in [0.5, 0.6) is 0 Å². The number of aromatic amines is 1. The number of nitrogens with one attached hydrogen (secondary N) is 1. The molecule has 2 aromatic rings. The first-order valence-electron chi connectivity index (χ1n) is 7.15. The van der Waals surface area contributed by atoms with Crippen LogP contribution in [-0.4, -0.2) is 50.9 Å². The van der Waals surface area contributed by atoms with Gasteiger partial charge in [-0.3, -0.25) is 9.69 Å². The Morgan fingerprint density at radius 1 is 1.33 bits per heavy atom. The summed E-state index contributed by atoms with van der Waals surface area (Å²) < 4.78 is 0. The number of aromatic carboxylic acids is 1. The quantitative estimate of drug-likeness (QED) is 0.810. The fourth-order valence-corrected chi connectivity index (χ4v) is 3.48. The summed E-state index contributed by atoms with van der Waals surface area (Å²) in [6.45, 7) is 1.84. The first-order chi connectivity index (χ1) is 11.3. The van der Waals surface area contributed by atoms with E-state index < -0.39 is 12.0 Å². The van der Waals surface area contributed by atoms with Crippen molar-refractivity contribution in [3.63, 3.8) is 0 Å². The Bertz CT molecular complexity index is 877. The van der Waals surface area contributed by atoms with Gasteiger partial charge < -0.3 is 15.0 Å². The maximum absolute atomic E-state index is 12.2. The second-order valence-electron chi connectivity index (χ2n) is 5.37. The van der Waals surface area contributed by atoms with Crippen LogP contribution in [0.4, 0.5) is 4.79 Å². The Labute approximate surface area is 146 Å². The highest BCUT2D eigenvalue weighted by atomic mass is 35.5. The zero-order valence-corrected chi connectivity index (χ0v) is 14.1. The minimum Gasteiger partial charge on any atom is -0.477 e. The van der Waals surface area contributed by atoms with Gasteiger partial charge in [0.15, 0.2) is 0 Å².